The average Bonchev–Trinajstić information content (AvgIpc) is 2.42. The maximum Gasteiger partial charge on any atom is 0.255 e. The highest BCUT2D eigenvalue weighted by Crippen LogP contribution is 2.52. The van der Waals surface area contributed by atoms with Gasteiger partial charge in [0.1, 0.15) is 5.37 Å². The summed E-state index contributed by atoms with van der Waals surface area (Å²) in [6.45, 7) is 3.39. The number of hydrogen-bond donors (Lipinski definition) is 0. The molecule has 2 aliphatic heterocycles. The third-order valence-corrected chi connectivity index (χ3v) is 5.13. The predicted octanol–water partition coefficient (Wildman–Crippen LogP) is -1.27. The number of β-lactam (4-membered cyclic amide) rings is 1. The summed E-state index contributed by atoms with van der Waals surface area (Å²) < 4.78 is 21.6. The summed E-state index contributed by atoms with van der Waals surface area (Å²) in [6.07, 6.45) is 0.997. The quantitative estimate of drug-likeness (QED) is 0.465. The molecule has 8 heteroatoms. The molecule has 1 amide bonds. The number of carboxylic acid groups (broad SMARTS) is 1. The molecule has 2 atom stereocenters. The van der Waals surface area contributed by atoms with E-state index in [4.69, 9.17) is 0 Å². The molecule has 0 unspecified atom stereocenters. The first kappa shape index (κ1) is 13.4. The number of carbonyl (C=O) groups is 2. The van der Waals surface area contributed by atoms with Crippen LogP contribution in [0.15, 0.2) is 11.0 Å². The molecule has 100 valence electrons. The van der Waals surface area contributed by atoms with E-state index in [1.165, 1.54) is 16.7 Å². The highest BCUT2D eigenvalue weighted by molar-refractivity contribution is 8.02. The summed E-state index contributed by atoms with van der Waals surface area (Å²) in [5.74, 6) is -1.86. The van der Waals surface area contributed by atoms with Crippen LogP contribution in [-0.4, -0.2) is 47.6 Å². The summed E-state index contributed by atoms with van der Waals surface area (Å²) in [5, 5.41) is 11.5. The molecule has 0 aliphatic carbocycles. The molecule has 2 fully saturated rings. The number of sulfone groups is 1. The zero-order valence-electron chi connectivity index (χ0n) is 10.0. The van der Waals surface area contributed by atoms with E-state index in [0.29, 0.717) is 0 Å². The van der Waals surface area contributed by atoms with Gasteiger partial charge in [-0.3, -0.25) is 4.79 Å². The van der Waals surface area contributed by atoms with E-state index in [0.717, 1.165) is 11.7 Å². The Hall–Kier alpha value is -1.02. The van der Waals surface area contributed by atoms with E-state index in [9.17, 15) is 23.1 Å². The van der Waals surface area contributed by atoms with Crippen LogP contribution in [0, 0.1) is 0 Å². The number of fused-ring (bicyclic) bond motifs is 1. The fourth-order valence-corrected chi connectivity index (χ4v) is 4.56. The number of nitrogens with zero attached hydrogens (tertiary/aromatic N) is 1. The van der Waals surface area contributed by atoms with Crippen LogP contribution in [0.3, 0.4) is 0 Å². The van der Waals surface area contributed by atoms with E-state index >= 15 is 0 Å². The van der Waals surface area contributed by atoms with Gasteiger partial charge in [0.05, 0.1) is 17.6 Å². The fourth-order valence-electron chi connectivity index (χ4n) is 2.24. The summed E-state index contributed by atoms with van der Waals surface area (Å²) in [5.41, 5.74) is 0.138. The van der Waals surface area contributed by atoms with Gasteiger partial charge in [0.2, 0.25) is 0 Å². The topological polar surface area (TPSA) is 94.6 Å². The van der Waals surface area contributed by atoms with Crippen molar-refractivity contribution in [3.05, 3.63) is 11.0 Å². The van der Waals surface area contributed by atoms with E-state index in [1.54, 1.807) is 13.8 Å². The van der Waals surface area contributed by atoms with Gasteiger partial charge in [0.25, 0.3) is 5.91 Å². The van der Waals surface area contributed by atoms with Crippen LogP contribution in [0.5, 0.6) is 0 Å². The van der Waals surface area contributed by atoms with Gasteiger partial charge in [-0.25, -0.2) is 8.42 Å². The van der Waals surface area contributed by atoms with Crippen molar-refractivity contribution in [3.63, 3.8) is 0 Å². The third-order valence-electron chi connectivity index (χ3n) is 2.92. The molecular weight excluding hydrogens is 278 g/mol. The van der Waals surface area contributed by atoms with Crippen molar-refractivity contribution in [2.75, 3.05) is 6.26 Å². The van der Waals surface area contributed by atoms with Gasteiger partial charge in [-0.2, -0.15) is 0 Å². The van der Waals surface area contributed by atoms with Gasteiger partial charge in [-0.1, -0.05) is 0 Å². The van der Waals surface area contributed by atoms with Crippen LogP contribution in [0.2, 0.25) is 0 Å². The summed E-state index contributed by atoms with van der Waals surface area (Å²) >= 11 is 1.26. The average molecular weight is 290 g/mol. The standard InChI is InChI=1S/C10H13NO5S2/c1-10(2)6(9(13)14)11-7(12)5(8(11)17-10)4-18(3,15)16/h4,6,8H,1-3H3,(H,13,14)/p-1/b5-4-/t6-,8+/m0/s1. The van der Waals surface area contributed by atoms with Crippen molar-refractivity contribution < 1.29 is 23.1 Å². The lowest BCUT2D eigenvalue weighted by Crippen LogP contribution is -2.61. The van der Waals surface area contributed by atoms with Crippen molar-refractivity contribution in [2.45, 2.75) is 30.0 Å². The molecule has 0 aromatic rings. The molecule has 18 heavy (non-hydrogen) atoms. The van der Waals surface area contributed by atoms with E-state index in [1.807, 2.05) is 0 Å². The molecule has 0 spiro atoms. The molecule has 2 heterocycles. The molecule has 0 saturated carbocycles. The summed E-state index contributed by atoms with van der Waals surface area (Å²) in [6, 6.07) is -1.03. The number of hydrogen-bond acceptors (Lipinski definition) is 6. The minimum absolute atomic E-state index is 0.138. The molecule has 0 aromatic heterocycles. The van der Waals surface area contributed by atoms with Gasteiger partial charge in [0, 0.05) is 16.4 Å². The largest absolute Gasteiger partial charge is 0.548 e. The lowest BCUT2D eigenvalue weighted by Gasteiger charge is -2.40. The third kappa shape index (κ3) is 1.93. The van der Waals surface area contributed by atoms with Crippen molar-refractivity contribution in [1.82, 2.24) is 4.90 Å². The number of carbonyl (C=O) groups excluding carboxylic acids is 2. The van der Waals surface area contributed by atoms with Gasteiger partial charge >= 0.3 is 0 Å². The Labute approximate surface area is 109 Å². The second-order valence-electron chi connectivity index (χ2n) is 4.91. The maximum atomic E-state index is 11.8. The van der Waals surface area contributed by atoms with Gasteiger partial charge in [0.15, 0.2) is 9.84 Å². The zero-order valence-corrected chi connectivity index (χ0v) is 11.7. The van der Waals surface area contributed by atoms with Crippen LogP contribution >= 0.6 is 11.8 Å². The Balaban J connectivity index is 2.39. The molecule has 0 radical (unpaired) electrons. The molecule has 2 rings (SSSR count). The van der Waals surface area contributed by atoms with Crippen molar-refractivity contribution in [2.24, 2.45) is 0 Å². The fraction of sp³-hybridized carbons (Fsp3) is 0.600. The Morgan fingerprint density at radius 1 is 1.50 bits per heavy atom. The van der Waals surface area contributed by atoms with Crippen LogP contribution in [0.1, 0.15) is 13.8 Å². The monoisotopic (exact) mass is 290 g/mol. The SMILES string of the molecule is CC1(C)S[C@@H]2/C(=C\S(C)(=O)=O)C(=O)N2[C@H]1C(=O)[O-]. The second-order valence-corrected chi connectivity index (χ2v) is 8.54. The van der Waals surface area contributed by atoms with Crippen LogP contribution < -0.4 is 5.11 Å². The van der Waals surface area contributed by atoms with Crippen molar-refractivity contribution in [3.8, 4) is 0 Å². The maximum absolute atomic E-state index is 11.8. The second kappa shape index (κ2) is 3.74. The van der Waals surface area contributed by atoms with Crippen molar-refractivity contribution >= 4 is 33.5 Å². The molecule has 0 aromatic carbocycles. The normalized spacial score (nSPS) is 32.3. The van der Waals surface area contributed by atoms with Crippen LogP contribution in [0.4, 0.5) is 0 Å². The summed E-state index contributed by atoms with van der Waals surface area (Å²) in [4.78, 5) is 24.1. The Kier molecular flexibility index (Phi) is 2.78. The van der Waals surface area contributed by atoms with Gasteiger partial charge in [-0.15, -0.1) is 11.8 Å². The Morgan fingerprint density at radius 2 is 2.06 bits per heavy atom. The smallest absolute Gasteiger partial charge is 0.255 e. The number of aliphatic carboxylic acids is 1. The molecule has 2 aliphatic rings. The lowest BCUT2D eigenvalue weighted by molar-refractivity contribution is -0.312. The van der Waals surface area contributed by atoms with Crippen LogP contribution in [-0.2, 0) is 19.4 Å². The van der Waals surface area contributed by atoms with Gasteiger partial charge < -0.3 is 14.8 Å². The summed E-state index contributed by atoms with van der Waals surface area (Å²) in [7, 11) is -3.42. The number of carboxylic acids is 1. The highest BCUT2D eigenvalue weighted by Gasteiger charge is 2.59. The van der Waals surface area contributed by atoms with E-state index < -0.39 is 37.9 Å². The first-order chi connectivity index (χ1) is 8.04. The highest BCUT2D eigenvalue weighted by atomic mass is 32.2. The minimum Gasteiger partial charge on any atom is -0.548 e. The Morgan fingerprint density at radius 3 is 2.50 bits per heavy atom. The first-order valence-corrected chi connectivity index (χ1v) is 8.01. The van der Waals surface area contributed by atoms with E-state index in [2.05, 4.69) is 0 Å². The van der Waals surface area contributed by atoms with Gasteiger partial charge in [-0.05, 0) is 13.8 Å². The molecule has 0 bridgehead atoms. The number of amides is 1. The molecule has 6 nitrogen and oxygen atoms in total. The number of rotatable bonds is 2. The van der Waals surface area contributed by atoms with Crippen LogP contribution in [0.25, 0.3) is 0 Å². The van der Waals surface area contributed by atoms with Crippen molar-refractivity contribution in [1.29, 1.82) is 0 Å². The lowest BCUT2D eigenvalue weighted by atomic mass is 9.96. The zero-order chi connectivity index (χ0) is 13.9. The minimum atomic E-state index is -3.42. The van der Waals surface area contributed by atoms with E-state index in [-0.39, 0.29) is 5.57 Å². The predicted molar refractivity (Wildman–Crippen MR) is 64.0 cm³/mol. The number of thioether (sulfide) groups is 1. The molecule has 2 saturated heterocycles. The Bertz CT molecular complexity index is 563. The molecule has 0 N–H and O–H groups in total. The first-order valence-electron chi connectivity index (χ1n) is 5.17. The molecular formula is C10H12NO5S2-.